The minimum absolute atomic E-state index is 0.0377. The molecule has 4 rings (SSSR count). The molecule has 0 radical (unpaired) electrons. The van der Waals surface area contributed by atoms with Crippen molar-refractivity contribution >= 4 is 42.4 Å². The number of nitrogens with zero attached hydrogens (tertiary/aromatic N) is 3. The van der Waals surface area contributed by atoms with Gasteiger partial charge in [0.05, 0.1) is 33.9 Å². The maximum Gasteiger partial charge on any atom is 0.261 e. The van der Waals surface area contributed by atoms with Crippen LogP contribution in [0.2, 0.25) is 0 Å². The summed E-state index contributed by atoms with van der Waals surface area (Å²) in [7, 11) is -3.55. The molecule has 7 nitrogen and oxygen atoms in total. The zero-order valence-corrected chi connectivity index (χ0v) is 19.9. The summed E-state index contributed by atoms with van der Waals surface area (Å²) >= 11 is 1.46. The highest BCUT2D eigenvalue weighted by molar-refractivity contribution is 7.90. The zero-order chi connectivity index (χ0) is 22.7. The van der Waals surface area contributed by atoms with Crippen molar-refractivity contribution in [2.24, 2.45) is 0 Å². The van der Waals surface area contributed by atoms with Gasteiger partial charge in [0.2, 0.25) is 0 Å². The van der Waals surface area contributed by atoms with E-state index in [-0.39, 0.29) is 16.4 Å². The molecule has 1 fully saturated rings. The Labute approximate surface area is 192 Å². The van der Waals surface area contributed by atoms with Crippen molar-refractivity contribution in [3.63, 3.8) is 0 Å². The van der Waals surface area contributed by atoms with E-state index in [9.17, 15) is 13.2 Å². The highest BCUT2D eigenvalue weighted by Crippen LogP contribution is 2.31. The Morgan fingerprint density at radius 1 is 1.19 bits per heavy atom. The van der Waals surface area contributed by atoms with Gasteiger partial charge in [0.1, 0.15) is 0 Å². The number of aryl methyl sites for hydroxylation is 1. The van der Waals surface area contributed by atoms with Crippen LogP contribution in [0.4, 0.5) is 5.13 Å². The second kappa shape index (κ2) is 9.66. The van der Waals surface area contributed by atoms with E-state index in [1.807, 2.05) is 12.1 Å². The molecule has 1 aromatic heterocycles. The average Bonchev–Trinajstić information content (AvgIpc) is 3.22. The Kier molecular flexibility index (Phi) is 6.90. The average molecular weight is 474 g/mol. The van der Waals surface area contributed by atoms with Crippen LogP contribution in [0.1, 0.15) is 22.8 Å². The monoisotopic (exact) mass is 473 g/mol. The van der Waals surface area contributed by atoms with E-state index in [4.69, 9.17) is 9.72 Å². The third-order valence-electron chi connectivity index (χ3n) is 5.59. The molecule has 170 valence electrons. The molecule has 2 aromatic carbocycles. The first-order chi connectivity index (χ1) is 15.4. The van der Waals surface area contributed by atoms with Crippen molar-refractivity contribution in [3.8, 4) is 0 Å². The van der Waals surface area contributed by atoms with E-state index in [2.05, 4.69) is 17.9 Å². The lowest BCUT2D eigenvalue weighted by Crippen LogP contribution is -2.43. The number of morpholine rings is 1. The summed E-state index contributed by atoms with van der Waals surface area (Å²) in [4.78, 5) is 22.3. The molecule has 0 unspecified atom stereocenters. The highest BCUT2D eigenvalue weighted by atomic mass is 32.2. The van der Waals surface area contributed by atoms with E-state index in [1.54, 1.807) is 23.1 Å². The van der Waals surface area contributed by atoms with Crippen molar-refractivity contribution in [1.29, 1.82) is 0 Å². The largest absolute Gasteiger partial charge is 0.379 e. The number of thiazole rings is 1. The number of carbonyl (C=O) groups excluding carboxylic acids is 1. The maximum atomic E-state index is 13.7. The molecule has 0 spiro atoms. The van der Waals surface area contributed by atoms with Crippen molar-refractivity contribution in [2.75, 3.05) is 50.5 Å². The molecule has 1 amide bonds. The van der Waals surface area contributed by atoms with Gasteiger partial charge >= 0.3 is 0 Å². The number of ether oxygens (including phenoxy) is 1. The minimum Gasteiger partial charge on any atom is -0.379 e. The van der Waals surface area contributed by atoms with E-state index < -0.39 is 9.84 Å². The van der Waals surface area contributed by atoms with Gasteiger partial charge in [0, 0.05) is 32.4 Å². The van der Waals surface area contributed by atoms with Crippen molar-refractivity contribution in [3.05, 3.63) is 53.6 Å². The molecule has 0 aliphatic carbocycles. The number of hydrogen-bond donors (Lipinski definition) is 0. The SMILES string of the molecule is CCc1ccc2nc(N(CCN3CCOCC3)C(=O)c3ccccc3S(C)(=O)=O)sc2c1. The maximum absolute atomic E-state index is 13.7. The molecule has 1 aliphatic heterocycles. The van der Waals surface area contributed by atoms with Gasteiger partial charge in [0.15, 0.2) is 15.0 Å². The smallest absolute Gasteiger partial charge is 0.261 e. The molecule has 0 saturated carbocycles. The number of benzene rings is 2. The molecule has 1 aliphatic rings. The number of rotatable bonds is 7. The summed E-state index contributed by atoms with van der Waals surface area (Å²) < 4.78 is 31.1. The normalized spacial score (nSPS) is 15.2. The van der Waals surface area contributed by atoms with E-state index in [1.165, 1.54) is 23.0 Å². The third-order valence-corrected chi connectivity index (χ3v) is 7.78. The van der Waals surface area contributed by atoms with Gasteiger partial charge < -0.3 is 4.74 Å². The number of amides is 1. The van der Waals surface area contributed by atoms with Crippen LogP contribution in [0.15, 0.2) is 47.4 Å². The standard InChI is InChI=1S/C23H27N3O4S2/c1-3-17-8-9-19-20(16-17)31-23(24-19)26(11-10-25-12-14-30-15-13-25)22(27)18-6-4-5-7-21(18)32(2,28)29/h4-9,16H,3,10-15H2,1-2H3. The van der Waals surface area contributed by atoms with Crippen LogP contribution < -0.4 is 4.90 Å². The number of carbonyl (C=O) groups is 1. The van der Waals surface area contributed by atoms with Crippen molar-refractivity contribution < 1.29 is 17.9 Å². The summed E-state index contributed by atoms with van der Waals surface area (Å²) in [6.45, 7) is 6.13. The predicted octanol–water partition coefficient (Wildman–Crippen LogP) is 3.24. The highest BCUT2D eigenvalue weighted by Gasteiger charge is 2.27. The fourth-order valence-corrected chi connectivity index (χ4v) is 5.69. The Hall–Kier alpha value is -2.33. The molecule has 1 saturated heterocycles. The molecular formula is C23H27N3O4S2. The second-order valence-electron chi connectivity index (χ2n) is 7.83. The number of fused-ring (bicyclic) bond motifs is 1. The van der Waals surface area contributed by atoms with Gasteiger partial charge in [-0.25, -0.2) is 13.4 Å². The van der Waals surface area contributed by atoms with Gasteiger partial charge in [-0.3, -0.25) is 14.6 Å². The van der Waals surface area contributed by atoms with Crippen LogP contribution in [-0.2, 0) is 21.0 Å². The number of sulfone groups is 1. The lowest BCUT2D eigenvalue weighted by atomic mass is 10.2. The minimum atomic E-state index is -3.55. The van der Waals surface area contributed by atoms with Gasteiger partial charge in [0.25, 0.3) is 5.91 Å². The van der Waals surface area contributed by atoms with Crippen LogP contribution in [-0.4, -0.2) is 69.9 Å². The summed E-state index contributed by atoms with van der Waals surface area (Å²) in [5.74, 6) is -0.353. The Morgan fingerprint density at radius 2 is 1.94 bits per heavy atom. The molecule has 0 N–H and O–H groups in total. The van der Waals surface area contributed by atoms with Crippen LogP contribution in [0, 0.1) is 0 Å². The number of aromatic nitrogens is 1. The molecule has 9 heteroatoms. The summed E-state index contributed by atoms with van der Waals surface area (Å²) in [6, 6.07) is 12.5. The fraction of sp³-hybridized carbons (Fsp3) is 0.391. The number of anilines is 1. The first-order valence-electron chi connectivity index (χ1n) is 10.7. The quantitative estimate of drug-likeness (QED) is 0.524. The van der Waals surface area contributed by atoms with Crippen LogP contribution >= 0.6 is 11.3 Å². The van der Waals surface area contributed by atoms with Crippen LogP contribution in [0.5, 0.6) is 0 Å². The first-order valence-corrected chi connectivity index (χ1v) is 13.4. The second-order valence-corrected chi connectivity index (χ2v) is 10.8. The Bertz CT molecular complexity index is 1220. The topological polar surface area (TPSA) is 79.8 Å². The molecule has 2 heterocycles. The Morgan fingerprint density at radius 3 is 2.66 bits per heavy atom. The number of hydrogen-bond acceptors (Lipinski definition) is 7. The van der Waals surface area contributed by atoms with Crippen molar-refractivity contribution in [2.45, 2.75) is 18.2 Å². The lowest BCUT2D eigenvalue weighted by Gasteiger charge is -2.29. The van der Waals surface area contributed by atoms with Gasteiger partial charge in [-0.05, 0) is 36.2 Å². The zero-order valence-electron chi connectivity index (χ0n) is 18.3. The summed E-state index contributed by atoms with van der Waals surface area (Å²) in [5.41, 5.74) is 2.22. The molecule has 0 bridgehead atoms. The first kappa shape index (κ1) is 22.8. The Balaban J connectivity index is 1.71. The van der Waals surface area contributed by atoms with Crippen LogP contribution in [0.3, 0.4) is 0 Å². The lowest BCUT2D eigenvalue weighted by molar-refractivity contribution is 0.0391. The summed E-state index contributed by atoms with van der Waals surface area (Å²) in [5, 5.41) is 0.579. The molecular weight excluding hydrogens is 446 g/mol. The van der Waals surface area contributed by atoms with E-state index >= 15 is 0 Å². The molecule has 32 heavy (non-hydrogen) atoms. The molecule has 3 aromatic rings. The van der Waals surface area contributed by atoms with Gasteiger partial charge in [-0.2, -0.15) is 0 Å². The third kappa shape index (κ3) is 5.01. The predicted molar refractivity (Wildman–Crippen MR) is 127 cm³/mol. The van der Waals surface area contributed by atoms with E-state index in [0.29, 0.717) is 31.4 Å². The van der Waals surface area contributed by atoms with Crippen molar-refractivity contribution in [1.82, 2.24) is 9.88 Å². The van der Waals surface area contributed by atoms with Gasteiger partial charge in [-0.1, -0.05) is 36.5 Å². The summed E-state index contributed by atoms with van der Waals surface area (Å²) in [6.07, 6.45) is 2.05. The molecule has 0 atom stereocenters. The fourth-order valence-electron chi connectivity index (χ4n) is 3.75. The van der Waals surface area contributed by atoms with Crippen LogP contribution in [0.25, 0.3) is 10.2 Å². The van der Waals surface area contributed by atoms with Gasteiger partial charge in [-0.15, -0.1) is 0 Å². The van der Waals surface area contributed by atoms with E-state index in [0.717, 1.165) is 36.0 Å².